The molecule has 1 saturated carbocycles. The second-order valence-electron chi connectivity index (χ2n) is 9.48. The van der Waals surface area contributed by atoms with Crippen molar-refractivity contribution >= 4 is 17.5 Å². The van der Waals surface area contributed by atoms with E-state index in [0.29, 0.717) is 0 Å². The van der Waals surface area contributed by atoms with Gasteiger partial charge in [0.1, 0.15) is 13.0 Å². The molecule has 0 radical (unpaired) electrons. The van der Waals surface area contributed by atoms with Gasteiger partial charge in [-0.05, 0) is 24.8 Å². The van der Waals surface area contributed by atoms with Crippen LogP contribution in [-0.2, 0) is 11.3 Å². The van der Waals surface area contributed by atoms with E-state index in [2.05, 4.69) is 25.5 Å². The van der Waals surface area contributed by atoms with Gasteiger partial charge in [-0.1, -0.05) is 0 Å². The fourth-order valence-electron chi connectivity index (χ4n) is 4.49. The first-order valence-electron chi connectivity index (χ1n) is 12.4. The molecule has 0 aromatic carbocycles. The number of amides is 2. The molecule has 0 bridgehead atoms. The first-order chi connectivity index (χ1) is 18.8. The van der Waals surface area contributed by atoms with E-state index in [0.717, 1.165) is 11.0 Å². The van der Waals surface area contributed by atoms with Gasteiger partial charge in [-0.25, -0.2) is 32.3 Å². The van der Waals surface area contributed by atoms with Gasteiger partial charge in [0.15, 0.2) is 11.9 Å². The molecule has 1 aliphatic rings. The van der Waals surface area contributed by atoms with E-state index < -0.39 is 74.5 Å². The molecule has 0 unspecified atom stereocenters. The molecule has 17 heteroatoms. The second-order valence-corrected chi connectivity index (χ2v) is 9.48. The van der Waals surface area contributed by atoms with Gasteiger partial charge in [-0.2, -0.15) is 23.4 Å². The van der Waals surface area contributed by atoms with Gasteiger partial charge in [0, 0.05) is 24.8 Å². The SMILES string of the molecule is O=C(CCC(F)(F)F)N[C@H](O)c1cnn2cc([C@@H](NC(=O)c3ncnn3CCF)C3CCC(F)(F)CC3)nc2c1. The molecule has 3 N–H and O–H groups in total. The summed E-state index contributed by atoms with van der Waals surface area (Å²) in [6.07, 6.45) is -5.34. The number of aliphatic hydroxyl groups excluding tert-OH is 1. The molecule has 3 aromatic rings. The number of aliphatic hydroxyl groups is 1. The van der Waals surface area contributed by atoms with Crippen LogP contribution in [-0.4, -0.2) is 65.1 Å². The monoisotopic (exact) mass is 576 g/mol. The number of carbonyl (C=O) groups is 2. The maximum Gasteiger partial charge on any atom is 0.389 e. The lowest BCUT2D eigenvalue weighted by atomic mass is 9.81. The molecule has 1 aliphatic carbocycles. The highest BCUT2D eigenvalue weighted by atomic mass is 19.4. The van der Waals surface area contributed by atoms with Crippen molar-refractivity contribution in [3.63, 3.8) is 0 Å². The highest BCUT2D eigenvalue weighted by molar-refractivity contribution is 5.90. The lowest BCUT2D eigenvalue weighted by molar-refractivity contribution is -0.145. The number of aryl methyl sites for hydroxylation is 1. The lowest BCUT2D eigenvalue weighted by Crippen LogP contribution is -2.38. The summed E-state index contributed by atoms with van der Waals surface area (Å²) in [5.41, 5.74) is 0.438. The molecule has 2 amide bonds. The summed E-state index contributed by atoms with van der Waals surface area (Å²) >= 11 is 0. The Balaban J connectivity index is 1.56. The number of fused-ring (bicyclic) bond motifs is 1. The standard InChI is InChI=1S/C23H26F6N8O3/c24-7-8-36-19(30-12-32-36)21(40)35-18(13-1-4-22(25,26)5-2-13)15-11-37-16(33-15)9-14(10-31-37)20(39)34-17(38)3-6-23(27,28)29/h9-13,18,20,39H,1-8H2,(H,34,38)(H,35,40)/t18-,20+/m0/s1. The molecule has 4 rings (SSSR count). The third kappa shape index (κ3) is 7.25. The number of carbonyl (C=O) groups excluding carboxylic acids is 2. The number of aromatic nitrogens is 6. The smallest absolute Gasteiger partial charge is 0.369 e. The van der Waals surface area contributed by atoms with Crippen molar-refractivity contribution in [3.8, 4) is 0 Å². The molecule has 40 heavy (non-hydrogen) atoms. The van der Waals surface area contributed by atoms with Crippen molar-refractivity contribution in [2.45, 2.75) is 69.4 Å². The van der Waals surface area contributed by atoms with Crippen LogP contribution in [0.1, 0.15) is 72.7 Å². The van der Waals surface area contributed by atoms with Crippen molar-refractivity contribution in [3.05, 3.63) is 41.9 Å². The second kappa shape index (κ2) is 11.8. The molecule has 0 spiro atoms. The Labute approximate surface area is 223 Å². The maximum atomic E-state index is 13.9. The predicted molar refractivity (Wildman–Crippen MR) is 124 cm³/mol. The molecule has 218 valence electrons. The lowest BCUT2D eigenvalue weighted by Gasteiger charge is -2.33. The third-order valence-electron chi connectivity index (χ3n) is 6.56. The topological polar surface area (TPSA) is 139 Å². The van der Waals surface area contributed by atoms with Crippen LogP contribution in [0.2, 0.25) is 0 Å². The zero-order chi connectivity index (χ0) is 29.1. The van der Waals surface area contributed by atoms with Gasteiger partial charge >= 0.3 is 6.18 Å². The first kappa shape index (κ1) is 29.2. The van der Waals surface area contributed by atoms with Crippen LogP contribution in [0.3, 0.4) is 0 Å². The van der Waals surface area contributed by atoms with E-state index in [9.17, 15) is 41.0 Å². The number of hydrogen-bond acceptors (Lipinski definition) is 7. The van der Waals surface area contributed by atoms with Gasteiger partial charge in [-0.15, -0.1) is 0 Å². The van der Waals surface area contributed by atoms with Crippen LogP contribution in [0.5, 0.6) is 0 Å². The van der Waals surface area contributed by atoms with Crippen molar-refractivity contribution in [1.29, 1.82) is 0 Å². The Morgan fingerprint density at radius 2 is 1.90 bits per heavy atom. The Morgan fingerprint density at radius 1 is 1.18 bits per heavy atom. The Bertz CT molecular complexity index is 1330. The van der Waals surface area contributed by atoms with Gasteiger partial charge < -0.3 is 15.7 Å². The van der Waals surface area contributed by atoms with Crippen LogP contribution in [0.4, 0.5) is 26.3 Å². The number of rotatable bonds is 10. The summed E-state index contributed by atoms with van der Waals surface area (Å²) in [4.78, 5) is 33.1. The van der Waals surface area contributed by atoms with Crippen molar-refractivity contribution in [2.24, 2.45) is 5.92 Å². The van der Waals surface area contributed by atoms with Crippen LogP contribution in [0, 0.1) is 5.92 Å². The number of halogens is 6. The molecular formula is C23H26F6N8O3. The molecule has 11 nitrogen and oxygen atoms in total. The Kier molecular flexibility index (Phi) is 8.60. The van der Waals surface area contributed by atoms with Crippen molar-refractivity contribution < 1.29 is 41.0 Å². The Morgan fingerprint density at radius 3 is 2.58 bits per heavy atom. The molecule has 3 heterocycles. The van der Waals surface area contributed by atoms with E-state index in [1.807, 2.05) is 5.32 Å². The highest BCUT2D eigenvalue weighted by Crippen LogP contribution is 2.41. The predicted octanol–water partition coefficient (Wildman–Crippen LogP) is 3.04. The van der Waals surface area contributed by atoms with Gasteiger partial charge in [0.2, 0.25) is 17.7 Å². The Hall–Kier alpha value is -3.76. The summed E-state index contributed by atoms with van der Waals surface area (Å²) in [5, 5.41) is 23.0. The largest absolute Gasteiger partial charge is 0.389 e. The van der Waals surface area contributed by atoms with E-state index >= 15 is 0 Å². The minimum Gasteiger partial charge on any atom is -0.369 e. The molecule has 1 fully saturated rings. The van der Waals surface area contributed by atoms with Gasteiger partial charge in [-0.3, -0.25) is 9.59 Å². The first-order valence-corrected chi connectivity index (χ1v) is 12.4. The molecular weight excluding hydrogens is 550 g/mol. The minimum absolute atomic E-state index is 0.0298. The van der Waals surface area contributed by atoms with E-state index in [1.165, 1.54) is 23.0 Å². The zero-order valence-electron chi connectivity index (χ0n) is 20.9. The number of nitrogens with one attached hydrogen (secondary N) is 2. The van der Waals surface area contributed by atoms with E-state index in [4.69, 9.17) is 0 Å². The normalized spacial score (nSPS) is 17.5. The number of alkyl halides is 6. The molecule has 2 atom stereocenters. The minimum atomic E-state index is -4.53. The summed E-state index contributed by atoms with van der Waals surface area (Å²) in [6.45, 7) is -1.00. The van der Waals surface area contributed by atoms with Crippen molar-refractivity contribution in [2.75, 3.05) is 6.67 Å². The van der Waals surface area contributed by atoms with Crippen LogP contribution in [0.25, 0.3) is 5.65 Å². The maximum absolute atomic E-state index is 13.9. The van der Waals surface area contributed by atoms with Crippen molar-refractivity contribution in [1.82, 2.24) is 40.0 Å². The average molecular weight is 577 g/mol. The molecule has 3 aromatic heterocycles. The molecule has 0 aliphatic heterocycles. The van der Waals surface area contributed by atoms with Crippen LogP contribution < -0.4 is 10.6 Å². The summed E-state index contributed by atoms with van der Waals surface area (Å²) in [5.74, 6) is -5.17. The zero-order valence-corrected chi connectivity index (χ0v) is 20.9. The summed E-state index contributed by atoms with van der Waals surface area (Å²) < 4.78 is 80.0. The van der Waals surface area contributed by atoms with Crippen LogP contribution in [0.15, 0.2) is 24.8 Å². The summed E-state index contributed by atoms with van der Waals surface area (Å²) in [7, 11) is 0. The van der Waals surface area contributed by atoms with Gasteiger partial charge in [0.25, 0.3) is 5.91 Å². The van der Waals surface area contributed by atoms with E-state index in [1.54, 1.807) is 0 Å². The molecule has 0 saturated heterocycles. The average Bonchev–Trinajstić information content (AvgIpc) is 3.52. The van der Waals surface area contributed by atoms with E-state index in [-0.39, 0.29) is 42.1 Å². The number of nitrogens with zero attached hydrogens (tertiary/aromatic N) is 6. The van der Waals surface area contributed by atoms with Crippen LogP contribution >= 0.6 is 0 Å². The number of imidazole rings is 1. The quantitative estimate of drug-likeness (QED) is 0.249. The number of hydrogen-bond donors (Lipinski definition) is 3. The summed E-state index contributed by atoms with van der Waals surface area (Å²) in [6, 6.07) is 0.466. The van der Waals surface area contributed by atoms with Gasteiger partial charge in [0.05, 0.1) is 37.1 Å². The third-order valence-corrected chi connectivity index (χ3v) is 6.56. The highest BCUT2D eigenvalue weighted by Gasteiger charge is 2.39. The fourth-order valence-corrected chi connectivity index (χ4v) is 4.49. The fraction of sp³-hybridized carbons (Fsp3) is 0.565.